The summed E-state index contributed by atoms with van der Waals surface area (Å²) in [6.07, 6.45) is 2.72. The second kappa shape index (κ2) is 4.23. The molecule has 0 amide bonds. The highest BCUT2D eigenvalue weighted by Gasteiger charge is 2.05. The molecule has 0 spiro atoms. The van der Waals surface area contributed by atoms with Gasteiger partial charge in [-0.3, -0.25) is 0 Å². The van der Waals surface area contributed by atoms with Crippen molar-refractivity contribution in [2.75, 3.05) is 6.61 Å². The lowest BCUT2D eigenvalue weighted by Gasteiger charge is -2.01. The second-order valence-corrected chi connectivity index (χ2v) is 3.97. The maximum Gasteiger partial charge on any atom is 0.0719 e. The van der Waals surface area contributed by atoms with E-state index in [9.17, 15) is 0 Å². The third-order valence-electron chi connectivity index (χ3n) is 2.51. The maximum atomic E-state index is 6.11. The number of aryl methyl sites for hydroxylation is 1. The van der Waals surface area contributed by atoms with Crippen LogP contribution in [0.25, 0.3) is 10.9 Å². The van der Waals surface area contributed by atoms with Crippen molar-refractivity contribution in [3.63, 3.8) is 0 Å². The average Bonchev–Trinajstić information content (AvgIpc) is 2.52. The van der Waals surface area contributed by atoms with Gasteiger partial charge in [-0.05, 0) is 24.1 Å². The monoisotopic (exact) mass is 224 g/mol. The lowest BCUT2D eigenvalue weighted by atomic mass is 10.1. The molecule has 0 aliphatic heterocycles. The maximum absolute atomic E-state index is 6.11. The van der Waals surface area contributed by atoms with Gasteiger partial charge >= 0.3 is 0 Å². The zero-order valence-corrected chi connectivity index (χ0v) is 9.29. The molecule has 0 bridgehead atoms. The van der Waals surface area contributed by atoms with Crippen LogP contribution in [0.1, 0.15) is 5.56 Å². The molecular weight excluding hydrogens is 212 g/mol. The van der Waals surface area contributed by atoms with Gasteiger partial charge < -0.3 is 9.40 Å². The highest BCUT2D eigenvalue weighted by molar-refractivity contribution is 6.35. The van der Waals surface area contributed by atoms with Crippen LogP contribution in [0, 0.1) is 0 Å². The fourth-order valence-corrected chi connectivity index (χ4v) is 2.02. The van der Waals surface area contributed by atoms with E-state index in [1.54, 1.807) is 0 Å². The molecule has 0 radical (unpaired) electrons. The van der Waals surface area contributed by atoms with Gasteiger partial charge in [0.15, 0.2) is 0 Å². The molecule has 0 unspecified atom stereocenters. The minimum absolute atomic E-state index is 0.524. The summed E-state index contributed by atoms with van der Waals surface area (Å²) in [7, 11) is 1.98. The van der Waals surface area contributed by atoms with Crippen molar-refractivity contribution in [2.45, 2.75) is 6.42 Å². The molecule has 0 aliphatic carbocycles. The predicted molar refractivity (Wildman–Crippen MR) is 61.8 cm³/mol. The van der Waals surface area contributed by atoms with Crippen LogP contribution >= 0.6 is 11.6 Å². The van der Waals surface area contributed by atoms with Crippen LogP contribution in [-0.2, 0) is 18.3 Å². The molecule has 2 aromatic rings. The van der Waals surface area contributed by atoms with E-state index in [2.05, 4.69) is 23.0 Å². The van der Waals surface area contributed by atoms with Crippen molar-refractivity contribution in [3.05, 3.63) is 35.0 Å². The normalized spacial score (nSPS) is 11.1. The fraction of sp³-hybridized carbons (Fsp3) is 0.273. The number of halogens is 1. The third kappa shape index (κ3) is 2.00. The van der Waals surface area contributed by atoms with Crippen molar-refractivity contribution in [1.82, 2.24) is 4.57 Å². The lowest BCUT2D eigenvalue weighted by molar-refractivity contribution is 0.141. The van der Waals surface area contributed by atoms with Gasteiger partial charge in [0.1, 0.15) is 0 Å². The fourth-order valence-electron chi connectivity index (χ4n) is 1.72. The van der Waals surface area contributed by atoms with Crippen molar-refractivity contribution in [3.8, 4) is 0 Å². The number of nitrogens with zero attached hydrogens (tertiary/aromatic N) is 1. The Kier molecular flexibility index (Phi) is 2.95. The van der Waals surface area contributed by atoms with E-state index >= 15 is 0 Å². The van der Waals surface area contributed by atoms with Crippen LogP contribution in [0.4, 0.5) is 0 Å². The lowest BCUT2D eigenvalue weighted by Crippen LogP contribution is -2.03. The molecule has 4 heteroatoms. The van der Waals surface area contributed by atoms with Crippen LogP contribution in [0.15, 0.2) is 24.4 Å². The zero-order valence-electron chi connectivity index (χ0n) is 8.53. The van der Waals surface area contributed by atoms with Gasteiger partial charge in [0.25, 0.3) is 0 Å². The van der Waals surface area contributed by atoms with E-state index in [1.807, 2.05) is 17.8 Å². The van der Waals surface area contributed by atoms with E-state index in [0.717, 1.165) is 22.3 Å². The van der Waals surface area contributed by atoms with Gasteiger partial charge in [-0.15, -0.1) is 0 Å². The molecule has 1 aromatic carbocycles. The quantitative estimate of drug-likeness (QED) is 0.813. The van der Waals surface area contributed by atoms with Gasteiger partial charge in [0.2, 0.25) is 0 Å². The average molecular weight is 225 g/mol. The Balaban J connectivity index is 2.41. The number of hydrogen-bond acceptors (Lipinski definition) is 2. The van der Waals surface area contributed by atoms with Gasteiger partial charge in [0, 0.05) is 24.1 Å². The minimum atomic E-state index is 0.524. The molecule has 0 saturated carbocycles. The number of nitrogens with two attached hydrogens (primary N) is 1. The number of aromatic nitrogens is 1. The number of rotatable bonds is 3. The Morgan fingerprint density at radius 1 is 1.47 bits per heavy atom. The van der Waals surface area contributed by atoms with Crippen molar-refractivity contribution in [2.24, 2.45) is 12.9 Å². The van der Waals surface area contributed by atoms with Crippen molar-refractivity contribution in [1.29, 1.82) is 0 Å². The number of fused-ring (bicyclic) bond motifs is 1. The third-order valence-corrected chi connectivity index (χ3v) is 2.82. The summed E-state index contributed by atoms with van der Waals surface area (Å²) in [6, 6.07) is 6.21. The minimum Gasteiger partial charge on any atom is -0.349 e. The predicted octanol–water partition coefficient (Wildman–Crippen LogP) is 2.26. The molecule has 2 N–H and O–H groups in total. The first-order valence-corrected chi connectivity index (χ1v) is 5.15. The van der Waals surface area contributed by atoms with Crippen LogP contribution in [0.3, 0.4) is 0 Å². The molecule has 15 heavy (non-hydrogen) atoms. The summed E-state index contributed by atoms with van der Waals surface area (Å²) in [5.41, 5.74) is 2.32. The Labute approximate surface area is 93.3 Å². The van der Waals surface area contributed by atoms with Crippen LogP contribution in [0.2, 0.25) is 5.02 Å². The van der Waals surface area contributed by atoms with Gasteiger partial charge in [-0.2, -0.15) is 0 Å². The summed E-state index contributed by atoms with van der Waals surface area (Å²) >= 11 is 6.11. The van der Waals surface area contributed by atoms with Crippen LogP contribution < -0.4 is 5.90 Å². The molecule has 0 fully saturated rings. The van der Waals surface area contributed by atoms with Gasteiger partial charge in [-0.25, -0.2) is 5.90 Å². The summed E-state index contributed by atoms with van der Waals surface area (Å²) in [5.74, 6) is 4.99. The molecule has 80 valence electrons. The largest absolute Gasteiger partial charge is 0.349 e. The van der Waals surface area contributed by atoms with E-state index in [-0.39, 0.29) is 0 Å². The van der Waals surface area contributed by atoms with E-state index in [0.29, 0.717) is 6.61 Å². The molecule has 3 nitrogen and oxygen atoms in total. The summed E-state index contributed by atoms with van der Waals surface area (Å²) < 4.78 is 2.01. The highest BCUT2D eigenvalue weighted by Crippen LogP contribution is 2.26. The van der Waals surface area contributed by atoms with Crippen LogP contribution in [0.5, 0.6) is 0 Å². The van der Waals surface area contributed by atoms with Gasteiger partial charge in [0.05, 0.1) is 11.6 Å². The number of hydrogen-bond donors (Lipinski definition) is 1. The molecule has 1 heterocycles. The summed E-state index contributed by atoms with van der Waals surface area (Å²) in [6.45, 7) is 0.524. The molecule has 0 aliphatic rings. The smallest absolute Gasteiger partial charge is 0.0719 e. The second-order valence-electron chi connectivity index (χ2n) is 3.56. The zero-order chi connectivity index (χ0) is 10.8. The highest BCUT2D eigenvalue weighted by atomic mass is 35.5. The Morgan fingerprint density at radius 2 is 2.27 bits per heavy atom. The first kappa shape index (κ1) is 10.5. The molecule has 0 saturated heterocycles. The standard InChI is InChI=1S/C11H13ClN2O/c1-14-7-10(12)9-6-8(4-5-15-13)2-3-11(9)14/h2-3,6-7H,4-5,13H2,1H3. The Bertz CT molecular complexity index is 479. The van der Waals surface area contributed by atoms with Crippen molar-refractivity contribution >= 4 is 22.5 Å². The van der Waals surface area contributed by atoms with Crippen molar-refractivity contribution < 1.29 is 4.84 Å². The molecular formula is C11H13ClN2O. The Hall–Kier alpha value is -1.03. The molecule has 1 aromatic heterocycles. The summed E-state index contributed by atoms with van der Waals surface area (Å²) in [5, 5.41) is 1.86. The molecule has 2 rings (SSSR count). The van der Waals surface area contributed by atoms with E-state index in [4.69, 9.17) is 17.5 Å². The van der Waals surface area contributed by atoms with E-state index in [1.165, 1.54) is 5.56 Å². The van der Waals surface area contributed by atoms with Crippen LogP contribution in [-0.4, -0.2) is 11.2 Å². The first-order chi connectivity index (χ1) is 7.22. The molecule has 0 atom stereocenters. The SMILES string of the molecule is Cn1cc(Cl)c2cc(CCON)ccc21. The van der Waals surface area contributed by atoms with E-state index < -0.39 is 0 Å². The summed E-state index contributed by atoms with van der Waals surface area (Å²) in [4.78, 5) is 4.56. The first-order valence-electron chi connectivity index (χ1n) is 4.77. The van der Waals surface area contributed by atoms with Gasteiger partial charge in [-0.1, -0.05) is 17.7 Å². The topological polar surface area (TPSA) is 40.2 Å². The number of benzene rings is 1. The Morgan fingerprint density at radius 3 is 3.00 bits per heavy atom.